The van der Waals surface area contributed by atoms with E-state index in [4.69, 9.17) is 11.6 Å². The van der Waals surface area contributed by atoms with Crippen LogP contribution >= 0.6 is 22.9 Å². The predicted molar refractivity (Wildman–Crippen MR) is 118 cm³/mol. The van der Waals surface area contributed by atoms with E-state index in [0.717, 1.165) is 54.8 Å². The maximum atomic E-state index is 13.1. The van der Waals surface area contributed by atoms with Crippen LogP contribution in [-0.4, -0.2) is 50.2 Å². The lowest BCUT2D eigenvalue weighted by molar-refractivity contribution is -0.123. The number of rotatable bonds is 5. The summed E-state index contributed by atoms with van der Waals surface area (Å²) in [6.45, 7) is 2.02. The Hall–Kier alpha value is -1.90. The first-order chi connectivity index (χ1) is 14.6. The van der Waals surface area contributed by atoms with Crippen molar-refractivity contribution < 1.29 is 4.79 Å². The van der Waals surface area contributed by atoms with E-state index in [9.17, 15) is 9.59 Å². The van der Waals surface area contributed by atoms with E-state index in [2.05, 4.69) is 15.3 Å². The molecule has 0 spiro atoms. The third kappa shape index (κ3) is 3.35. The van der Waals surface area contributed by atoms with E-state index in [-0.39, 0.29) is 24.1 Å². The lowest BCUT2D eigenvalue weighted by Gasteiger charge is -2.33. The van der Waals surface area contributed by atoms with E-state index in [1.807, 2.05) is 16.5 Å². The number of fused-ring (bicyclic) bond motifs is 3. The molecule has 2 aliphatic carbocycles. The quantitative estimate of drug-likeness (QED) is 0.655. The molecule has 1 amide bonds. The van der Waals surface area contributed by atoms with Crippen molar-refractivity contribution in [1.82, 2.24) is 24.4 Å². The van der Waals surface area contributed by atoms with Gasteiger partial charge in [0.2, 0.25) is 5.91 Å². The van der Waals surface area contributed by atoms with Crippen LogP contribution in [0.15, 0.2) is 16.9 Å². The number of nitrogens with zero attached hydrogens (tertiary/aromatic N) is 4. The standard InChI is InChI=1S/C21H24ClN5O2S/c22-17-9-13-8-16-20(29)26(24-19(12-3-4-12)27(16)21(13)30-17)11-18(28)23-14-2-1-7-25(10-14)15-5-6-15/h8-9,12,14-15H,1-7,10-11H2,(H,23,28)/t14-/m1/s1. The number of carbonyl (C=O) groups excluding carboxylic acids is 1. The van der Waals surface area contributed by atoms with Gasteiger partial charge < -0.3 is 5.32 Å². The zero-order chi connectivity index (χ0) is 20.4. The van der Waals surface area contributed by atoms with E-state index in [1.54, 1.807) is 0 Å². The molecule has 3 aromatic heterocycles. The van der Waals surface area contributed by atoms with Crippen molar-refractivity contribution in [1.29, 1.82) is 0 Å². The van der Waals surface area contributed by atoms with Gasteiger partial charge in [-0.15, -0.1) is 11.3 Å². The largest absolute Gasteiger partial charge is 0.350 e. The molecule has 6 rings (SSSR count). The number of amides is 1. The molecule has 9 heteroatoms. The minimum atomic E-state index is -0.225. The van der Waals surface area contributed by atoms with Crippen LogP contribution in [0.4, 0.5) is 0 Å². The second-order valence-corrected chi connectivity index (χ2v) is 10.6. The molecule has 3 aliphatic rings. The molecule has 7 nitrogen and oxygen atoms in total. The van der Waals surface area contributed by atoms with Crippen molar-refractivity contribution in [3.63, 3.8) is 0 Å². The molecule has 2 saturated carbocycles. The fourth-order valence-corrected chi connectivity index (χ4v) is 5.94. The monoisotopic (exact) mass is 445 g/mol. The molecule has 3 aromatic rings. The second kappa shape index (κ2) is 7.07. The highest BCUT2D eigenvalue weighted by Gasteiger charge is 2.33. The molecule has 1 aliphatic heterocycles. The maximum absolute atomic E-state index is 13.1. The lowest BCUT2D eigenvalue weighted by atomic mass is 10.1. The van der Waals surface area contributed by atoms with E-state index < -0.39 is 0 Å². The Bertz CT molecular complexity index is 1210. The minimum Gasteiger partial charge on any atom is -0.350 e. The molecule has 0 radical (unpaired) electrons. The summed E-state index contributed by atoms with van der Waals surface area (Å²) in [5, 5.41) is 8.74. The van der Waals surface area contributed by atoms with E-state index in [1.165, 1.54) is 28.9 Å². The van der Waals surface area contributed by atoms with Gasteiger partial charge in [-0.1, -0.05) is 11.6 Å². The number of carbonyl (C=O) groups is 1. The average molecular weight is 446 g/mol. The first kappa shape index (κ1) is 18.8. The predicted octanol–water partition coefficient (Wildman–Crippen LogP) is 2.98. The SMILES string of the molecule is O=C(Cn1nc(C2CC2)n2c(cc3cc(Cl)sc32)c1=O)N[C@@H]1CCCN(C2CC2)C1. The molecule has 4 heterocycles. The molecular formula is C21H24ClN5O2S. The summed E-state index contributed by atoms with van der Waals surface area (Å²) in [7, 11) is 0. The molecule has 0 aromatic carbocycles. The fraction of sp³-hybridized carbons (Fsp3) is 0.571. The Kier molecular flexibility index (Phi) is 4.44. The molecule has 158 valence electrons. The molecule has 1 saturated heterocycles. The summed E-state index contributed by atoms with van der Waals surface area (Å²) in [6.07, 6.45) is 6.79. The second-order valence-electron chi connectivity index (χ2n) is 8.90. The van der Waals surface area contributed by atoms with Gasteiger partial charge in [0.15, 0.2) is 0 Å². The first-order valence-corrected chi connectivity index (χ1v) is 12.0. The molecule has 0 bridgehead atoms. The van der Waals surface area contributed by atoms with Crippen LogP contribution < -0.4 is 10.9 Å². The van der Waals surface area contributed by atoms with Gasteiger partial charge in [0.05, 0.1) is 4.34 Å². The van der Waals surface area contributed by atoms with E-state index >= 15 is 0 Å². The van der Waals surface area contributed by atoms with E-state index in [0.29, 0.717) is 21.8 Å². The zero-order valence-electron chi connectivity index (χ0n) is 16.6. The Morgan fingerprint density at radius 2 is 2.07 bits per heavy atom. The summed E-state index contributed by atoms with van der Waals surface area (Å²) in [5.74, 6) is 1.07. The van der Waals surface area contributed by atoms with Crippen molar-refractivity contribution in [2.24, 2.45) is 0 Å². The summed E-state index contributed by atoms with van der Waals surface area (Å²) in [6, 6.07) is 4.64. The third-order valence-corrected chi connectivity index (χ3v) is 7.73. The topological polar surface area (TPSA) is 71.6 Å². The maximum Gasteiger partial charge on any atom is 0.291 e. The molecular weight excluding hydrogens is 422 g/mol. The van der Waals surface area contributed by atoms with Crippen LogP contribution in [0.2, 0.25) is 4.34 Å². The van der Waals surface area contributed by atoms with Crippen molar-refractivity contribution in [3.8, 4) is 0 Å². The number of aromatic nitrogens is 3. The van der Waals surface area contributed by atoms with Crippen LogP contribution in [0.5, 0.6) is 0 Å². The van der Waals surface area contributed by atoms with Crippen molar-refractivity contribution >= 4 is 44.6 Å². The van der Waals surface area contributed by atoms with Gasteiger partial charge in [-0.3, -0.25) is 18.9 Å². The van der Waals surface area contributed by atoms with Gasteiger partial charge in [-0.25, -0.2) is 4.68 Å². The smallest absolute Gasteiger partial charge is 0.291 e. The Labute approximate surface area is 182 Å². The zero-order valence-corrected chi connectivity index (χ0v) is 18.2. The van der Waals surface area contributed by atoms with Crippen LogP contribution in [0, 0.1) is 0 Å². The fourth-order valence-electron chi connectivity index (χ4n) is 4.71. The Morgan fingerprint density at radius 1 is 1.23 bits per heavy atom. The van der Waals surface area contributed by atoms with Gasteiger partial charge in [0.25, 0.3) is 5.56 Å². The average Bonchev–Trinajstić information content (AvgIpc) is 3.63. The molecule has 0 unspecified atom stereocenters. The van der Waals surface area contributed by atoms with Crippen LogP contribution in [0.25, 0.3) is 15.7 Å². The highest BCUT2D eigenvalue weighted by atomic mass is 35.5. The lowest BCUT2D eigenvalue weighted by Crippen LogP contribution is -2.49. The van der Waals surface area contributed by atoms with Crippen molar-refractivity contribution in [3.05, 3.63) is 32.6 Å². The number of nitrogens with one attached hydrogen (secondary N) is 1. The first-order valence-electron chi connectivity index (χ1n) is 10.8. The van der Waals surface area contributed by atoms with Gasteiger partial charge in [0, 0.05) is 29.9 Å². The summed E-state index contributed by atoms with van der Waals surface area (Å²) >= 11 is 7.65. The van der Waals surface area contributed by atoms with Crippen molar-refractivity contribution in [2.75, 3.05) is 13.1 Å². The molecule has 1 atom stereocenters. The summed E-state index contributed by atoms with van der Waals surface area (Å²) in [4.78, 5) is 29.3. The summed E-state index contributed by atoms with van der Waals surface area (Å²) < 4.78 is 4.01. The summed E-state index contributed by atoms with van der Waals surface area (Å²) in [5.41, 5.74) is 0.354. The number of hydrogen-bond acceptors (Lipinski definition) is 5. The van der Waals surface area contributed by atoms with Crippen LogP contribution in [0.3, 0.4) is 0 Å². The highest BCUT2D eigenvalue weighted by Crippen LogP contribution is 2.41. The number of halogens is 1. The number of likely N-dealkylation sites (tertiary alicyclic amines) is 1. The van der Waals surface area contributed by atoms with Gasteiger partial charge in [-0.05, 0) is 57.2 Å². The third-order valence-electron chi connectivity index (χ3n) is 6.47. The minimum absolute atomic E-state index is 0.0332. The number of thiophene rings is 1. The Morgan fingerprint density at radius 3 is 2.83 bits per heavy atom. The van der Waals surface area contributed by atoms with Crippen molar-refractivity contribution in [2.45, 2.75) is 63.1 Å². The van der Waals surface area contributed by atoms with Gasteiger partial charge in [-0.2, -0.15) is 5.10 Å². The molecule has 30 heavy (non-hydrogen) atoms. The van der Waals surface area contributed by atoms with Crippen LogP contribution in [0.1, 0.15) is 50.3 Å². The normalized spacial score (nSPS) is 22.8. The van der Waals surface area contributed by atoms with Gasteiger partial charge >= 0.3 is 0 Å². The molecule has 3 fully saturated rings. The highest BCUT2D eigenvalue weighted by molar-refractivity contribution is 7.22. The molecule has 1 N–H and O–H groups in total. The number of piperidine rings is 1. The van der Waals surface area contributed by atoms with Gasteiger partial charge in [0.1, 0.15) is 22.7 Å². The van der Waals surface area contributed by atoms with Crippen LogP contribution in [-0.2, 0) is 11.3 Å². The Balaban J connectivity index is 1.28. The number of hydrogen-bond donors (Lipinski definition) is 1.